The molecule has 0 unspecified atom stereocenters. The summed E-state index contributed by atoms with van der Waals surface area (Å²) in [5.41, 5.74) is 2.62. The van der Waals surface area contributed by atoms with Crippen molar-refractivity contribution in [2.45, 2.75) is 44.6 Å². The van der Waals surface area contributed by atoms with Gasteiger partial charge in [-0.1, -0.05) is 32.0 Å². The number of nitrogens with one attached hydrogen (secondary N) is 2. The molecule has 0 fully saturated rings. The molecule has 0 saturated carbocycles. The first-order chi connectivity index (χ1) is 13.6. The van der Waals surface area contributed by atoms with Crippen LogP contribution in [-0.4, -0.2) is 34.6 Å². The second-order valence-electron chi connectivity index (χ2n) is 7.04. The van der Waals surface area contributed by atoms with E-state index in [1.165, 1.54) is 39.3 Å². The zero-order valence-corrected chi connectivity index (χ0v) is 18.4. The van der Waals surface area contributed by atoms with Crippen LogP contribution in [0, 0.1) is 6.92 Å². The molecule has 0 aliphatic carbocycles. The van der Waals surface area contributed by atoms with Gasteiger partial charge in [-0.05, 0) is 43.0 Å². The molecule has 0 saturated heterocycles. The van der Waals surface area contributed by atoms with Crippen LogP contribution in [0.2, 0.25) is 0 Å². The molecule has 2 rings (SSSR count). The predicted octanol–water partition coefficient (Wildman–Crippen LogP) is 3.44. The number of anilines is 1. The van der Waals surface area contributed by atoms with E-state index in [1.54, 1.807) is 0 Å². The Morgan fingerprint density at radius 2 is 1.66 bits per heavy atom. The molecule has 158 valence electrons. The van der Waals surface area contributed by atoms with Gasteiger partial charge in [-0.3, -0.25) is 4.79 Å². The van der Waals surface area contributed by atoms with Gasteiger partial charge in [-0.25, -0.2) is 8.42 Å². The third-order valence-electron chi connectivity index (χ3n) is 4.57. The molecule has 0 heterocycles. The zero-order valence-electron chi connectivity index (χ0n) is 17.6. The Morgan fingerprint density at radius 1 is 1.00 bits per heavy atom. The van der Waals surface area contributed by atoms with Crippen LogP contribution >= 0.6 is 0 Å². The Hall–Kier alpha value is -2.58. The third-order valence-corrected chi connectivity index (χ3v) is 6.10. The number of hydrogen-bond donors (Lipinski definition) is 2. The molecule has 2 aromatic rings. The lowest BCUT2D eigenvalue weighted by molar-refractivity contribution is -0.117. The van der Waals surface area contributed by atoms with Gasteiger partial charge in [0.05, 0.1) is 25.2 Å². The summed E-state index contributed by atoms with van der Waals surface area (Å²) in [6, 6.07) is 9.05. The Kier molecular flexibility index (Phi) is 7.26. The highest BCUT2D eigenvalue weighted by molar-refractivity contribution is 7.89. The number of amides is 1. The van der Waals surface area contributed by atoms with Crippen LogP contribution in [0.3, 0.4) is 0 Å². The van der Waals surface area contributed by atoms with E-state index < -0.39 is 22.0 Å². The minimum absolute atomic E-state index is 0.0199. The Morgan fingerprint density at radius 3 is 2.24 bits per heavy atom. The van der Waals surface area contributed by atoms with Crippen LogP contribution in [0.4, 0.5) is 5.69 Å². The molecule has 2 aromatic carbocycles. The van der Waals surface area contributed by atoms with Crippen molar-refractivity contribution in [2.75, 3.05) is 19.5 Å². The summed E-state index contributed by atoms with van der Waals surface area (Å²) < 4.78 is 38.1. The molecule has 2 N–H and O–H groups in total. The summed E-state index contributed by atoms with van der Waals surface area (Å²) in [4.78, 5) is 12.7. The Labute approximate surface area is 172 Å². The van der Waals surface area contributed by atoms with Gasteiger partial charge in [-0.15, -0.1) is 0 Å². The number of sulfonamides is 1. The normalized spacial score (nSPS) is 12.5. The molecule has 0 radical (unpaired) electrons. The highest BCUT2D eigenvalue weighted by atomic mass is 32.2. The summed E-state index contributed by atoms with van der Waals surface area (Å²) in [5.74, 6) is 0.473. The van der Waals surface area contributed by atoms with Crippen LogP contribution < -0.4 is 19.5 Å². The number of benzene rings is 2. The molecular formula is C21H28N2O5S. The number of hydrogen-bond acceptors (Lipinski definition) is 5. The van der Waals surface area contributed by atoms with Gasteiger partial charge in [0, 0.05) is 11.8 Å². The smallest absolute Gasteiger partial charge is 0.242 e. The molecule has 0 aromatic heterocycles. The first-order valence-electron chi connectivity index (χ1n) is 9.25. The average Bonchev–Trinajstić information content (AvgIpc) is 2.68. The molecule has 1 atom stereocenters. The van der Waals surface area contributed by atoms with Crippen LogP contribution in [-0.2, 0) is 14.8 Å². The molecule has 0 spiro atoms. The highest BCUT2D eigenvalue weighted by Crippen LogP contribution is 2.30. The lowest BCUT2D eigenvalue weighted by atomic mass is 9.98. The number of methoxy groups -OCH3 is 2. The Bertz CT molecular complexity index is 987. The number of carbonyl (C=O) groups excluding carboxylic acids is 1. The predicted molar refractivity (Wildman–Crippen MR) is 113 cm³/mol. The van der Waals surface area contributed by atoms with Crippen molar-refractivity contribution >= 4 is 21.6 Å². The van der Waals surface area contributed by atoms with Crippen LogP contribution in [0.15, 0.2) is 41.3 Å². The van der Waals surface area contributed by atoms with Gasteiger partial charge in [-0.2, -0.15) is 4.72 Å². The van der Waals surface area contributed by atoms with Crippen molar-refractivity contribution in [3.8, 4) is 11.5 Å². The largest absolute Gasteiger partial charge is 0.493 e. The summed E-state index contributed by atoms with van der Waals surface area (Å²) in [6.45, 7) is 7.47. The number of aryl methyl sites for hydroxylation is 1. The molecule has 29 heavy (non-hydrogen) atoms. The minimum atomic E-state index is -3.94. The fraction of sp³-hybridized carbons (Fsp3) is 0.381. The molecule has 0 bridgehead atoms. The molecule has 7 nitrogen and oxygen atoms in total. The standard InChI is InChI=1S/C21H28N2O5S/c1-13(2)17-9-7-8-14(3)20(17)22-21(24)15(4)23-29(25,26)16-10-11-18(27-5)19(12-16)28-6/h7-13,15,23H,1-6H3,(H,22,24)/t15-/m1/s1. The summed E-state index contributed by atoms with van der Waals surface area (Å²) in [5, 5.41) is 2.86. The van der Waals surface area contributed by atoms with E-state index in [4.69, 9.17) is 9.47 Å². The monoisotopic (exact) mass is 420 g/mol. The summed E-state index contributed by atoms with van der Waals surface area (Å²) >= 11 is 0. The SMILES string of the molecule is COc1ccc(S(=O)(=O)N[C@H](C)C(=O)Nc2c(C)cccc2C(C)C)cc1OC. The Balaban J connectivity index is 2.21. The number of carbonyl (C=O) groups is 1. The van der Waals surface area contributed by atoms with Gasteiger partial charge >= 0.3 is 0 Å². The summed E-state index contributed by atoms with van der Waals surface area (Å²) in [6.07, 6.45) is 0. The molecule has 8 heteroatoms. The fourth-order valence-electron chi connectivity index (χ4n) is 2.91. The van der Waals surface area contributed by atoms with E-state index in [1.807, 2.05) is 39.0 Å². The van der Waals surface area contributed by atoms with Gasteiger partial charge in [0.25, 0.3) is 0 Å². The number of rotatable bonds is 8. The zero-order chi connectivity index (χ0) is 21.8. The quantitative estimate of drug-likeness (QED) is 0.682. The minimum Gasteiger partial charge on any atom is -0.493 e. The van der Waals surface area contributed by atoms with Gasteiger partial charge < -0.3 is 14.8 Å². The van der Waals surface area contributed by atoms with E-state index in [0.717, 1.165) is 11.1 Å². The maximum absolute atomic E-state index is 12.7. The molecule has 1 amide bonds. The van der Waals surface area contributed by atoms with Crippen molar-refractivity contribution in [3.05, 3.63) is 47.5 Å². The highest BCUT2D eigenvalue weighted by Gasteiger charge is 2.24. The first kappa shape index (κ1) is 22.7. The van der Waals surface area contributed by atoms with Crippen molar-refractivity contribution in [2.24, 2.45) is 0 Å². The van der Waals surface area contributed by atoms with E-state index in [2.05, 4.69) is 10.0 Å². The van der Waals surface area contributed by atoms with Crippen molar-refractivity contribution in [3.63, 3.8) is 0 Å². The lowest BCUT2D eigenvalue weighted by Gasteiger charge is -2.19. The van der Waals surface area contributed by atoms with Crippen LogP contribution in [0.25, 0.3) is 0 Å². The number of para-hydroxylation sites is 1. The van der Waals surface area contributed by atoms with E-state index in [9.17, 15) is 13.2 Å². The first-order valence-corrected chi connectivity index (χ1v) is 10.7. The van der Waals surface area contributed by atoms with Crippen molar-refractivity contribution < 1.29 is 22.7 Å². The molecule has 0 aliphatic heterocycles. The van der Waals surface area contributed by atoms with E-state index in [0.29, 0.717) is 11.4 Å². The van der Waals surface area contributed by atoms with E-state index >= 15 is 0 Å². The number of ether oxygens (including phenoxy) is 2. The van der Waals surface area contributed by atoms with Gasteiger partial charge in [0.2, 0.25) is 15.9 Å². The lowest BCUT2D eigenvalue weighted by Crippen LogP contribution is -2.41. The fourth-order valence-corrected chi connectivity index (χ4v) is 4.13. The van der Waals surface area contributed by atoms with Gasteiger partial charge in [0.1, 0.15) is 0 Å². The van der Waals surface area contributed by atoms with Crippen molar-refractivity contribution in [1.82, 2.24) is 4.72 Å². The van der Waals surface area contributed by atoms with Crippen LogP contribution in [0.1, 0.15) is 37.8 Å². The molecular weight excluding hydrogens is 392 g/mol. The van der Waals surface area contributed by atoms with Crippen LogP contribution in [0.5, 0.6) is 11.5 Å². The second kappa shape index (κ2) is 9.28. The molecule has 0 aliphatic rings. The average molecular weight is 421 g/mol. The maximum atomic E-state index is 12.7. The maximum Gasteiger partial charge on any atom is 0.242 e. The van der Waals surface area contributed by atoms with Gasteiger partial charge in [0.15, 0.2) is 11.5 Å². The summed E-state index contributed by atoms with van der Waals surface area (Å²) in [7, 11) is -1.05. The van der Waals surface area contributed by atoms with E-state index in [-0.39, 0.29) is 16.6 Å². The third kappa shape index (κ3) is 5.27. The topological polar surface area (TPSA) is 93.7 Å². The van der Waals surface area contributed by atoms with Crippen molar-refractivity contribution in [1.29, 1.82) is 0 Å². The second-order valence-corrected chi connectivity index (χ2v) is 8.76.